The first-order valence-electron chi connectivity index (χ1n) is 5.13. The van der Waals surface area contributed by atoms with Gasteiger partial charge in [0.1, 0.15) is 5.69 Å². The summed E-state index contributed by atoms with van der Waals surface area (Å²) >= 11 is 5.88. The normalized spacial score (nSPS) is 10.6. The van der Waals surface area contributed by atoms with Crippen LogP contribution in [0.15, 0.2) is 24.4 Å². The van der Waals surface area contributed by atoms with Crippen molar-refractivity contribution in [3.05, 3.63) is 50.8 Å². The van der Waals surface area contributed by atoms with E-state index in [0.29, 0.717) is 22.0 Å². The first-order valence-corrected chi connectivity index (χ1v) is 5.51. The molecule has 0 amide bonds. The number of rotatable bonds is 3. The van der Waals surface area contributed by atoms with E-state index in [0.717, 1.165) is 0 Å². The average Bonchev–Trinajstić information content (AvgIpc) is 2.68. The van der Waals surface area contributed by atoms with Gasteiger partial charge in [-0.25, -0.2) is 4.68 Å². The minimum Gasteiger partial charge on any atom is -0.392 e. The van der Waals surface area contributed by atoms with Crippen LogP contribution in [-0.4, -0.2) is 19.8 Å². The molecule has 0 aliphatic carbocycles. The van der Waals surface area contributed by atoms with Crippen molar-refractivity contribution in [1.82, 2.24) is 9.78 Å². The molecule has 2 aromatic rings. The van der Waals surface area contributed by atoms with Gasteiger partial charge in [0.2, 0.25) is 0 Å². The zero-order chi connectivity index (χ0) is 13.3. The van der Waals surface area contributed by atoms with Gasteiger partial charge >= 0.3 is 0 Å². The summed E-state index contributed by atoms with van der Waals surface area (Å²) in [7, 11) is 0. The third kappa shape index (κ3) is 2.20. The van der Waals surface area contributed by atoms with Crippen LogP contribution < -0.4 is 0 Å². The summed E-state index contributed by atoms with van der Waals surface area (Å²) in [5.74, 6) is 0. The van der Waals surface area contributed by atoms with E-state index in [1.54, 1.807) is 13.0 Å². The fourth-order valence-electron chi connectivity index (χ4n) is 1.57. The summed E-state index contributed by atoms with van der Waals surface area (Å²) in [6.45, 7) is 1.47. The van der Waals surface area contributed by atoms with Crippen LogP contribution >= 0.6 is 11.6 Å². The Balaban J connectivity index is 2.59. The van der Waals surface area contributed by atoms with Gasteiger partial charge in [-0.15, -0.1) is 0 Å². The monoisotopic (exact) mass is 267 g/mol. The van der Waals surface area contributed by atoms with Crippen molar-refractivity contribution in [2.45, 2.75) is 13.5 Å². The van der Waals surface area contributed by atoms with Crippen molar-refractivity contribution in [2.24, 2.45) is 0 Å². The topological polar surface area (TPSA) is 81.2 Å². The molecule has 0 aliphatic heterocycles. The lowest BCUT2D eigenvalue weighted by atomic mass is 10.2. The number of hydrogen-bond donors (Lipinski definition) is 1. The number of nitro groups is 1. The fourth-order valence-corrected chi connectivity index (χ4v) is 1.70. The van der Waals surface area contributed by atoms with Crippen LogP contribution in [0.3, 0.4) is 0 Å². The maximum absolute atomic E-state index is 11.0. The Labute approximate surface area is 108 Å². The molecule has 7 heteroatoms. The van der Waals surface area contributed by atoms with Crippen molar-refractivity contribution in [1.29, 1.82) is 0 Å². The molecule has 0 unspecified atom stereocenters. The van der Waals surface area contributed by atoms with Crippen LogP contribution in [0.4, 0.5) is 5.69 Å². The Morgan fingerprint density at radius 2 is 2.28 bits per heavy atom. The molecule has 2 rings (SSSR count). The number of aliphatic hydroxyl groups excluding tert-OH is 1. The quantitative estimate of drug-likeness (QED) is 0.683. The Morgan fingerprint density at radius 3 is 2.78 bits per heavy atom. The number of aliphatic hydroxyl groups is 1. The molecular formula is C11H10ClN3O3. The van der Waals surface area contributed by atoms with E-state index in [2.05, 4.69) is 5.10 Å². The number of aromatic nitrogens is 2. The van der Waals surface area contributed by atoms with E-state index in [9.17, 15) is 10.1 Å². The Hall–Kier alpha value is -1.92. The first kappa shape index (κ1) is 12.5. The molecule has 0 bridgehead atoms. The molecular weight excluding hydrogens is 258 g/mol. The molecule has 0 saturated carbocycles. The van der Waals surface area contributed by atoms with Gasteiger partial charge in [0.15, 0.2) is 0 Å². The molecule has 1 N–H and O–H groups in total. The zero-order valence-corrected chi connectivity index (χ0v) is 10.3. The molecule has 6 nitrogen and oxygen atoms in total. The molecule has 18 heavy (non-hydrogen) atoms. The van der Waals surface area contributed by atoms with E-state index < -0.39 is 4.92 Å². The number of nitro benzene ring substituents is 1. The molecule has 1 aromatic heterocycles. The molecule has 0 saturated heterocycles. The van der Waals surface area contributed by atoms with Gasteiger partial charge in [0, 0.05) is 12.3 Å². The number of hydrogen-bond acceptors (Lipinski definition) is 4. The lowest BCUT2D eigenvalue weighted by Gasteiger charge is -2.04. The van der Waals surface area contributed by atoms with Crippen molar-refractivity contribution < 1.29 is 10.0 Å². The van der Waals surface area contributed by atoms with Crippen LogP contribution in [0.5, 0.6) is 0 Å². The van der Waals surface area contributed by atoms with Gasteiger partial charge in [-0.2, -0.15) is 5.10 Å². The summed E-state index contributed by atoms with van der Waals surface area (Å²) in [6.07, 6.45) is 1.51. The molecule has 0 atom stereocenters. The van der Waals surface area contributed by atoms with Gasteiger partial charge in [0.05, 0.1) is 22.2 Å². The maximum atomic E-state index is 11.0. The van der Waals surface area contributed by atoms with Gasteiger partial charge in [0.25, 0.3) is 5.69 Å². The minimum absolute atomic E-state index is 0.124. The van der Waals surface area contributed by atoms with Crippen LogP contribution in [0, 0.1) is 17.0 Å². The Kier molecular flexibility index (Phi) is 3.31. The van der Waals surface area contributed by atoms with Crippen LogP contribution in [0.2, 0.25) is 5.02 Å². The highest BCUT2D eigenvalue weighted by Gasteiger charge is 2.17. The highest BCUT2D eigenvalue weighted by atomic mass is 35.5. The van der Waals surface area contributed by atoms with Crippen molar-refractivity contribution in [3.63, 3.8) is 0 Å². The standard InChI is InChI=1S/C11H10ClN3O3/c1-7-9(12)5-14(13-7)10-3-2-8(6-16)4-11(10)15(17)18/h2-5,16H,6H2,1H3. The second-order valence-corrected chi connectivity index (χ2v) is 4.15. The highest BCUT2D eigenvalue weighted by Crippen LogP contribution is 2.25. The SMILES string of the molecule is Cc1nn(-c2ccc(CO)cc2[N+](=O)[O-])cc1Cl. The zero-order valence-electron chi connectivity index (χ0n) is 9.50. The number of benzene rings is 1. The fraction of sp³-hybridized carbons (Fsp3) is 0.182. The Morgan fingerprint density at radius 1 is 1.56 bits per heavy atom. The molecule has 0 fully saturated rings. The third-order valence-electron chi connectivity index (χ3n) is 2.50. The van der Waals surface area contributed by atoms with Gasteiger partial charge in [-0.3, -0.25) is 10.1 Å². The second-order valence-electron chi connectivity index (χ2n) is 3.75. The van der Waals surface area contributed by atoms with Gasteiger partial charge in [-0.05, 0) is 18.6 Å². The summed E-state index contributed by atoms with van der Waals surface area (Å²) < 4.78 is 1.36. The van der Waals surface area contributed by atoms with E-state index in [1.807, 2.05) is 0 Å². The van der Waals surface area contributed by atoms with E-state index in [4.69, 9.17) is 16.7 Å². The summed E-state index contributed by atoms with van der Waals surface area (Å²) in [5.41, 5.74) is 1.26. The van der Waals surface area contributed by atoms with Crippen LogP contribution in [-0.2, 0) is 6.61 Å². The van der Waals surface area contributed by atoms with Crippen LogP contribution in [0.1, 0.15) is 11.3 Å². The Bertz CT molecular complexity index is 590. The smallest absolute Gasteiger partial charge is 0.295 e. The highest BCUT2D eigenvalue weighted by molar-refractivity contribution is 6.31. The predicted molar refractivity (Wildman–Crippen MR) is 65.9 cm³/mol. The van der Waals surface area contributed by atoms with Crippen molar-refractivity contribution in [3.8, 4) is 5.69 Å². The molecule has 0 spiro atoms. The third-order valence-corrected chi connectivity index (χ3v) is 2.88. The number of halogens is 1. The molecule has 1 heterocycles. The van der Waals surface area contributed by atoms with Crippen LogP contribution in [0.25, 0.3) is 5.69 Å². The summed E-state index contributed by atoms with van der Waals surface area (Å²) in [5, 5.41) is 24.5. The molecule has 0 radical (unpaired) electrons. The lowest BCUT2D eigenvalue weighted by molar-refractivity contribution is -0.384. The minimum atomic E-state index is -0.514. The first-order chi connectivity index (χ1) is 8.52. The largest absolute Gasteiger partial charge is 0.392 e. The van der Waals surface area contributed by atoms with Crippen molar-refractivity contribution in [2.75, 3.05) is 0 Å². The molecule has 1 aromatic carbocycles. The van der Waals surface area contributed by atoms with E-state index in [-0.39, 0.29) is 12.3 Å². The van der Waals surface area contributed by atoms with Gasteiger partial charge < -0.3 is 5.11 Å². The van der Waals surface area contributed by atoms with Gasteiger partial charge in [-0.1, -0.05) is 17.7 Å². The van der Waals surface area contributed by atoms with E-state index in [1.165, 1.54) is 23.0 Å². The average molecular weight is 268 g/mol. The summed E-state index contributed by atoms with van der Waals surface area (Å²) in [6, 6.07) is 4.46. The predicted octanol–water partition coefficient (Wildman–Crippen LogP) is 2.23. The number of nitrogens with zero attached hydrogens (tertiary/aromatic N) is 3. The molecule has 94 valence electrons. The maximum Gasteiger partial charge on any atom is 0.295 e. The lowest BCUT2D eigenvalue weighted by Crippen LogP contribution is -2.02. The number of aryl methyl sites for hydroxylation is 1. The van der Waals surface area contributed by atoms with Crippen molar-refractivity contribution >= 4 is 17.3 Å². The van der Waals surface area contributed by atoms with E-state index >= 15 is 0 Å². The summed E-state index contributed by atoms with van der Waals surface area (Å²) in [4.78, 5) is 10.5. The second kappa shape index (κ2) is 4.75. The molecule has 0 aliphatic rings.